The maximum absolute atomic E-state index is 12.3. The molecule has 0 radical (unpaired) electrons. The Bertz CT molecular complexity index is 840. The van der Waals surface area contributed by atoms with E-state index in [-0.39, 0.29) is 30.0 Å². The van der Waals surface area contributed by atoms with Gasteiger partial charge in [0, 0.05) is 37.8 Å². The van der Waals surface area contributed by atoms with Gasteiger partial charge in [-0.25, -0.2) is 4.79 Å². The SMILES string of the molecule is CC(=O)N1c2ccc(C3=CCN(C(=O)OC(C)(C)C)CC3)cc2[C@H](N)[C@@H](C)[C@@H]1C. The Kier molecular flexibility index (Phi) is 5.77. The monoisotopic (exact) mass is 399 g/mol. The summed E-state index contributed by atoms with van der Waals surface area (Å²) in [6.45, 7) is 12.5. The topological polar surface area (TPSA) is 75.9 Å². The highest BCUT2D eigenvalue weighted by Gasteiger charge is 2.36. The van der Waals surface area contributed by atoms with Crippen LogP contribution >= 0.6 is 0 Å². The van der Waals surface area contributed by atoms with E-state index in [1.54, 1.807) is 11.8 Å². The smallest absolute Gasteiger partial charge is 0.410 e. The van der Waals surface area contributed by atoms with E-state index in [4.69, 9.17) is 10.5 Å². The van der Waals surface area contributed by atoms with E-state index in [9.17, 15) is 9.59 Å². The molecule has 1 aromatic rings. The van der Waals surface area contributed by atoms with Crippen LogP contribution in [0.1, 0.15) is 65.1 Å². The van der Waals surface area contributed by atoms with Crippen molar-refractivity contribution in [3.63, 3.8) is 0 Å². The van der Waals surface area contributed by atoms with Crippen molar-refractivity contribution in [2.75, 3.05) is 18.0 Å². The molecule has 0 saturated heterocycles. The van der Waals surface area contributed by atoms with Gasteiger partial charge in [-0.05, 0) is 68.9 Å². The normalized spacial score (nSPS) is 24.7. The molecule has 0 saturated carbocycles. The number of carbonyl (C=O) groups is 2. The molecule has 158 valence electrons. The molecule has 6 heteroatoms. The van der Waals surface area contributed by atoms with Gasteiger partial charge >= 0.3 is 6.09 Å². The van der Waals surface area contributed by atoms with E-state index in [0.717, 1.165) is 23.2 Å². The number of rotatable bonds is 1. The van der Waals surface area contributed by atoms with Crippen LogP contribution in [0.15, 0.2) is 24.3 Å². The molecular weight excluding hydrogens is 366 g/mol. The Balaban J connectivity index is 1.84. The maximum atomic E-state index is 12.3. The molecular formula is C23H33N3O3. The van der Waals surface area contributed by atoms with Crippen LogP contribution in [0.3, 0.4) is 0 Å². The maximum Gasteiger partial charge on any atom is 0.410 e. The van der Waals surface area contributed by atoms with Crippen LogP contribution < -0.4 is 10.6 Å². The number of anilines is 1. The largest absolute Gasteiger partial charge is 0.444 e. The molecule has 0 aromatic heterocycles. The third-order valence-corrected chi connectivity index (χ3v) is 5.95. The van der Waals surface area contributed by atoms with Gasteiger partial charge in [-0.3, -0.25) is 4.79 Å². The van der Waals surface area contributed by atoms with E-state index in [1.165, 1.54) is 5.57 Å². The van der Waals surface area contributed by atoms with Gasteiger partial charge in [0.1, 0.15) is 5.60 Å². The van der Waals surface area contributed by atoms with E-state index in [2.05, 4.69) is 32.1 Å². The number of carbonyl (C=O) groups excluding carboxylic acids is 2. The third-order valence-electron chi connectivity index (χ3n) is 5.95. The van der Waals surface area contributed by atoms with E-state index >= 15 is 0 Å². The Morgan fingerprint density at radius 3 is 2.45 bits per heavy atom. The second-order valence-corrected chi connectivity index (χ2v) is 9.19. The molecule has 2 aliphatic rings. The van der Waals surface area contributed by atoms with Crippen LogP contribution in [0.25, 0.3) is 5.57 Å². The summed E-state index contributed by atoms with van der Waals surface area (Å²) in [4.78, 5) is 28.1. The predicted molar refractivity (Wildman–Crippen MR) is 116 cm³/mol. The van der Waals surface area contributed by atoms with Crippen LogP contribution in [0.5, 0.6) is 0 Å². The first kappa shape index (κ1) is 21.4. The minimum Gasteiger partial charge on any atom is -0.444 e. The Labute approximate surface area is 173 Å². The Morgan fingerprint density at radius 1 is 1.21 bits per heavy atom. The second-order valence-electron chi connectivity index (χ2n) is 9.19. The molecule has 2 aliphatic heterocycles. The molecule has 2 N–H and O–H groups in total. The van der Waals surface area contributed by atoms with Gasteiger partial charge < -0.3 is 20.3 Å². The summed E-state index contributed by atoms with van der Waals surface area (Å²) in [6, 6.07) is 6.14. The standard InChI is InChI=1S/C23H33N3O3/c1-14-15(2)26(16(3)27)20-8-7-18(13-19(20)21(14)24)17-9-11-25(12-10-17)22(28)29-23(4,5)6/h7-9,13-15,21H,10-12,24H2,1-6H3/t14-,15-,21+/m0/s1. The number of hydrogen-bond acceptors (Lipinski definition) is 4. The van der Waals surface area contributed by atoms with Crippen LogP contribution in [0.4, 0.5) is 10.5 Å². The second kappa shape index (κ2) is 7.82. The molecule has 2 amide bonds. The van der Waals surface area contributed by atoms with Crippen LogP contribution in [0.2, 0.25) is 0 Å². The van der Waals surface area contributed by atoms with Gasteiger partial charge in [0.05, 0.1) is 0 Å². The van der Waals surface area contributed by atoms with Crippen molar-refractivity contribution in [3.8, 4) is 0 Å². The molecule has 0 fully saturated rings. The van der Waals surface area contributed by atoms with E-state index in [0.29, 0.717) is 13.1 Å². The number of fused-ring (bicyclic) bond motifs is 1. The average molecular weight is 400 g/mol. The molecule has 3 atom stereocenters. The summed E-state index contributed by atoms with van der Waals surface area (Å²) in [5.74, 6) is 0.208. The summed E-state index contributed by atoms with van der Waals surface area (Å²) in [5, 5.41) is 0. The van der Waals surface area contributed by atoms with E-state index < -0.39 is 5.60 Å². The summed E-state index contributed by atoms with van der Waals surface area (Å²) in [6.07, 6.45) is 2.56. The van der Waals surface area contributed by atoms with Gasteiger partial charge in [-0.2, -0.15) is 0 Å². The summed E-state index contributed by atoms with van der Waals surface area (Å²) >= 11 is 0. The van der Waals surface area contributed by atoms with Crippen LogP contribution in [-0.4, -0.2) is 41.6 Å². The minimum atomic E-state index is -0.494. The van der Waals surface area contributed by atoms with Crippen molar-refractivity contribution in [1.82, 2.24) is 4.90 Å². The fourth-order valence-electron chi connectivity index (χ4n) is 4.16. The zero-order chi connectivity index (χ0) is 21.5. The highest BCUT2D eigenvalue weighted by atomic mass is 16.6. The lowest BCUT2D eigenvalue weighted by molar-refractivity contribution is -0.117. The van der Waals surface area contributed by atoms with Crippen molar-refractivity contribution in [1.29, 1.82) is 0 Å². The lowest BCUT2D eigenvalue weighted by Gasteiger charge is -2.42. The van der Waals surface area contributed by atoms with Crippen molar-refractivity contribution in [2.45, 2.75) is 65.6 Å². The van der Waals surface area contributed by atoms with Gasteiger partial charge in [0.2, 0.25) is 5.91 Å². The minimum absolute atomic E-state index is 0.0372. The first-order valence-electron chi connectivity index (χ1n) is 10.4. The highest BCUT2D eigenvalue weighted by Crippen LogP contribution is 2.41. The van der Waals surface area contributed by atoms with E-state index in [1.807, 2.05) is 31.7 Å². The zero-order valence-electron chi connectivity index (χ0n) is 18.4. The molecule has 0 bridgehead atoms. The molecule has 6 nitrogen and oxygen atoms in total. The van der Waals surface area contributed by atoms with Crippen molar-refractivity contribution < 1.29 is 14.3 Å². The molecule has 3 rings (SSSR count). The quantitative estimate of drug-likeness (QED) is 0.771. The lowest BCUT2D eigenvalue weighted by atomic mass is 9.82. The molecule has 29 heavy (non-hydrogen) atoms. The summed E-state index contributed by atoms with van der Waals surface area (Å²) in [7, 11) is 0. The predicted octanol–water partition coefficient (Wildman–Crippen LogP) is 4.10. The molecule has 0 spiro atoms. The van der Waals surface area contributed by atoms with Gasteiger partial charge in [-0.1, -0.05) is 19.1 Å². The zero-order valence-corrected chi connectivity index (χ0v) is 18.4. The molecule has 2 heterocycles. The highest BCUT2D eigenvalue weighted by molar-refractivity contribution is 5.94. The summed E-state index contributed by atoms with van der Waals surface area (Å²) in [5.41, 5.74) is 10.3. The number of benzene rings is 1. The van der Waals surface area contributed by atoms with Crippen molar-refractivity contribution in [3.05, 3.63) is 35.4 Å². The first-order valence-corrected chi connectivity index (χ1v) is 10.4. The van der Waals surface area contributed by atoms with Gasteiger partial charge in [-0.15, -0.1) is 0 Å². The molecule has 0 aliphatic carbocycles. The number of amides is 2. The van der Waals surface area contributed by atoms with Gasteiger partial charge in [0.25, 0.3) is 0 Å². The number of nitrogens with two attached hydrogens (primary N) is 1. The van der Waals surface area contributed by atoms with Crippen LogP contribution in [-0.2, 0) is 9.53 Å². The van der Waals surface area contributed by atoms with Gasteiger partial charge in [0.15, 0.2) is 0 Å². The fourth-order valence-corrected chi connectivity index (χ4v) is 4.16. The molecule has 1 aromatic carbocycles. The summed E-state index contributed by atoms with van der Waals surface area (Å²) < 4.78 is 5.47. The average Bonchev–Trinajstić information content (AvgIpc) is 2.64. The van der Waals surface area contributed by atoms with Crippen molar-refractivity contribution in [2.24, 2.45) is 11.7 Å². The van der Waals surface area contributed by atoms with Crippen molar-refractivity contribution >= 4 is 23.3 Å². The fraction of sp³-hybridized carbons (Fsp3) is 0.565. The molecule has 0 unspecified atom stereocenters. The Morgan fingerprint density at radius 2 is 1.90 bits per heavy atom. The third kappa shape index (κ3) is 4.32. The Hall–Kier alpha value is -2.34. The number of nitrogens with zero attached hydrogens (tertiary/aromatic N) is 2. The lowest BCUT2D eigenvalue weighted by Crippen LogP contribution is -2.48. The first-order chi connectivity index (χ1) is 13.5. The van der Waals surface area contributed by atoms with Crippen LogP contribution in [0, 0.1) is 5.92 Å². The number of hydrogen-bond donors (Lipinski definition) is 1. The number of ether oxygens (including phenoxy) is 1.